The Bertz CT molecular complexity index is 658. The fourth-order valence-electron chi connectivity index (χ4n) is 1.91. The predicted octanol–water partition coefficient (Wildman–Crippen LogP) is 4.13. The lowest BCUT2D eigenvalue weighted by atomic mass is 10.2. The van der Waals surface area contributed by atoms with Crippen LogP contribution in [0.15, 0.2) is 24.5 Å². The molecular formula is C16H18F3N3O2. The van der Waals surface area contributed by atoms with Gasteiger partial charge in [-0.2, -0.15) is 23.1 Å². The average molecular weight is 341 g/mol. The molecule has 2 aromatic rings. The van der Waals surface area contributed by atoms with Gasteiger partial charge in [0.25, 0.3) is 0 Å². The number of pyridine rings is 1. The lowest BCUT2D eigenvalue weighted by Crippen LogP contribution is -2.19. The Balaban J connectivity index is 2.68. The smallest absolute Gasteiger partial charge is 0.426 e. The second kappa shape index (κ2) is 7.02. The quantitative estimate of drug-likeness (QED) is 0.818. The van der Waals surface area contributed by atoms with Crippen molar-refractivity contribution < 1.29 is 22.6 Å². The molecule has 0 saturated carbocycles. The molecule has 0 aromatic carbocycles. The molecule has 130 valence electrons. The summed E-state index contributed by atoms with van der Waals surface area (Å²) in [6.45, 7) is 6.49. The van der Waals surface area contributed by atoms with Gasteiger partial charge in [0.05, 0.1) is 12.2 Å². The molecule has 0 radical (unpaired) electrons. The van der Waals surface area contributed by atoms with Crippen molar-refractivity contribution in [1.82, 2.24) is 15.0 Å². The first-order chi connectivity index (χ1) is 11.2. The minimum absolute atomic E-state index is 0.0803. The van der Waals surface area contributed by atoms with Crippen LogP contribution in [-0.4, -0.2) is 27.2 Å². The van der Waals surface area contributed by atoms with Crippen LogP contribution in [0.1, 0.15) is 33.3 Å². The number of halogens is 3. The zero-order valence-electron chi connectivity index (χ0n) is 13.8. The molecule has 2 aromatic heterocycles. The van der Waals surface area contributed by atoms with Gasteiger partial charge in [0.15, 0.2) is 11.4 Å². The third-order valence-electron chi connectivity index (χ3n) is 2.76. The Morgan fingerprint density at radius 1 is 0.875 bits per heavy atom. The molecule has 24 heavy (non-hydrogen) atoms. The van der Waals surface area contributed by atoms with Crippen molar-refractivity contribution in [3.63, 3.8) is 0 Å². The SMILES string of the molecule is CC(C)Oc1nc(-c2ccncc2)nc(OC(C)C)c1C(F)(F)F. The Kier molecular flexibility index (Phi) is 5.26. The molecule has 8 heteroatoms. The Labute approximate surface area is 137 Å². The van der Waals surface area contributed by atoms with Crippen molar-refractivity contribution in [2.75, 3.05) is 0 Å². The largest absolute Gasteiger partial charge is 0.474 e. The normalized spacial score (nSPS) is 11.9. The summed E-state index contributed by atoms with van der Waals surface area (Å²) in [5, 5.41) is 0. The molecule has 2 rings (SSSR count). The average Bonchev–Trinajstić information content (AvgIpc) is 2.45. The minimum Gasteiger partial charge on any atom is -0.474 e. The van der Waals surface area contributed by atoms with Crippen molar-refractivity contribution in [3.05, 3.63) is 30.1 Å². The molecule has 0 spiro atoms. The van der Waals surface area contributed by atoms with E-state index in [0.717, 1.165) is 0 Å². The van der Waals surface area contributed by atoms with E-state index in [-0.39, 0.29) is 5.82 Å². The second-order valence-corrected chi connectivity index (χ2v) is 5.60. The highest BCUT2D eigenvalue weighted by molar-refractivity contribution is 5.57. The molecule has 0 atom stereocenters. The van der Waals surface area contributed by atoms with Gasteiger partial charge in [0, 0.05) is 18.0 Å². The molecule has 5 nitrogen and oxygen atoms in total. The summed E-state index contributed by atoms with van der Waals surface area (Å²) in [5.74, 6) is -1.01. The van der Waals surface area contributed by atoms with Gasteiger partial charge < -0.3 is 9.47 Å². The van der Waals surface area contributed by atoms with Crippen LogP contribution in [0.5, 0.6) is 11.8 Å². The summed E-state index contributed by atoms with van der Waals surface area (Å²) in [6, 6.07) is 3.20. The number of rotatable bonds is 5. The molecule has 0 saturated heterocycles. The van der Waals surface area contributed by atoms with Gasteiger partial charge in [-0.05, 0) is 39.8 Å². The van der Waals surface area contributed by atoms with E-state index < -0.39 is 35.7 Å². The van der Waals surface area contributed by atoms with Crippen LogP contribution in [0.4, 0.5) is 13.2 Å². The molecule has 0 amide bonds. The summed E-state index contributed by atoms with van der Waals surface area (Å²) < 4.78 is 51.1. The molecule has 0 fully saturated rings. The van der Waals surface area contributed by atoms with Crippen molar-refractivity contribution in [2.24, 2.45) is 0 Å². The fourth-order valence-corrected chi connectivity index (χ4v) is 1.91. The van der Waals surface area contributed by atoms with Gasteiger partial charge in [-0.25, -0.2) is 0 Å². The number of nitrogens with zero attached hydrogens (tertiary/aromatic N) is 3. The molecule has 0 aliphatic rings. The van der Waals surface area contributed by atoms with Crippen molar-refractivity contribution in [2.45, 2.75) is 46.1 Å². The lowest BCUT2D eigenvalue weighted by Gasteiger charge is -2.20. The first-order valence-electron chi connectivity index (χ1n) is 7.41. The van der Waals surface area contributed by atoms with Crippen molar-refractivity contribution >= 4 is 0 Å². The number of alkyl halides is 3. The number of ether oxygens (including phenoxy) is 2. The van der Waals surface area contributed by atoms with Gasteiger partial charge in [-0.1, -0.05) is 0 Å². The second-order valence-electron chi connectivity index (χ2n) is 5.60. The minimum atomic E-state index is -4.70. The fraction of sp³-hybridized carbons (Fsp3) is 0.438. The van der Waals surface area contributed by atoms with Gasteiger partial charge in [-0.3, -0.25) is 4.98 Å². The Morgan fingerprint density at radius 2 is 1.33 bits per heavy atom. The standard InChI is InChI=1S/C16H18F3N3O2/c1-9(2)23-14-12(16(17,18)19)15(24-10(3)4)22-13(21-14)11-5-7-20-8-6-11/h5-10H,1-4H3. The maximum Gasteiger partial charge on any atom is 0.426 e. The zero-order chi connectivity index (χ0) is 17.9. The van der Waals surface area contributed by atoms with E-state index in [2.05, 4.69) is 15.0 Å². The van der Waals surface area contributed by atoms with E-state index in [0.29, 0.717) is 5.56 Å². The van der Waals surface area contributed by atoms with Crippen molar-refractivity contribution in [3.8, 4) is 23.1 Å². The number of hydrogen-bond donors (Lipinski definition) is 0. The Hall–Kier alpha value is -2.38. The molecule has 2 heterocycles. The number of hydrogen-bond acceptors (Lipinski definition) is 5. The van der Waals surface area contributed by atoms with Crippen LogP contribution in [0.2, 0.25) is 0 Å². The summed E-state index contributed by atoms with van der Waals surface area (Å²) >= 11 is 0. The predicted molar refractivity (Wildman–Crippen MR) is 81.8 cm³/mol. The van der Waals surface area contributed by atoms with Gasteiger partial charge in [0.2, 0.25) is 11.8 Å². The van der Waals surface area contributed by atoms with E-state index in [4.69, 9.17) is 9.47 Å². The highest BCUT2D eigenvalue weighted by atomic mass is 19.4. The topological polar surface area (TPSA) is 57.1 Å². The van der Waals surface area contributed by atoms with E-state index in [1.165, 1.54) is 12.4 Å². The van der Waals surface area contributed by atoms with Gasteiger partial charge in [0.1, 0.15) is 0 Å². The Morgan fingerprint density at radius 3 is 1.71 bits per heavy atom. The molecule has 0 aliphatic heterocycles. The zero-order valence-corrected chi connectivity index (χ0v) is 13.8. The molecule has 0 bridgehead atoms. The summed E-state index contributed by atoms with van der Waals surface area (Å²) in [5.41, 5.74) is -0.594. The van der Waals surface area contributed by atoms with Crippen LogP contribution in [-0.2, 0) is 6.18 Å². The third kappa shape index (κ3) is 4.33. The van der Waals surface area contributed by atoms with Crippen LogP contribution in [0.25, 0.3) is 11.4 Å². The van der Waals surface area contributed by atoms with Crippen LogP contribution in [0, 0.1) is 0 Å². The summed E-state index contributed by atoms with van der Waals surface area (Å²) in [7, 11) is 0. The van der Waals surface area contributed by atoms with Gasteiger partial charge in [-0.15, -0.1) is 0 Å². The third-order valence-corrected chi connectivity index (χ3v) is 2.76. The lowest BCUT2D eigenvalue weighted by molar-refractivity contribution is -0.141. The summed E-state index contributed by atoms with van der Waals surface area (Å²) in [6.07, 6.45) is -2.67. The molecule has 0 aliphatic carbocycles. The van der Waals surface area contributed by atoms with Crippen LogP contribution in [0.3, 0.4) is 0 Å². The highest BCUT2D eigenvalue weighted by Gasteiger charge is 2.41. The van der Waals surface area contributed by atoms with Crippen molar-refractivity contribution in [1.29, 1.82) is 0 Å². The molecular weight excluding hydrogens is 323 g/mol. The molecule has 0 N–H and O–H groups in total. The number of aromatic nitrogens is 3. The van der Waals surface area contributed by atoms with E-state index in [9.17, 15) is 13.2 Å². The van der Waals surface area contributed by atoms with E-state index in [1.54, 1.807) is 39.8 Å². The molecule has 0 unspecified atom stereocenters. The first kappa shape index (κ1) is 18.0. The monoisotopic (exact) mass is 341 g/mol. The highest BCUT2D eigenvalue weighted by Crippen LogP contribution is 2.42. The van der Waals surface area contributed by atoms with Crippen LogP contribution < -0.4 is 9.47 Å². The van der Waals surface area contributed by atoms with E-state index >= 15 is 0 Å². The van der Waals surface area contributed by atoms with Gasteiger partial charge >= 0.3 is 6.18 Å². The summed E-state index contributed by atoms with van der Waals surface area (Å²) in [4.78, 5) is 11.8. The van der Waals surface area contributed by atoms with E-state index in [1.807, 2.05) is 0 Å². The van der Waals surface area contributed by atoms with Crippen LogP contribution >= 0.6 is 0 Å². The first-order valence-corrected chi connectivity index (χ1v) is 7.41. The maximum absolute atomic E-state index is 13.5. The maximum atomic E-state index is 13.5.